The van der Waals surface area contributed by atoms with Gasteiger partial charge in [-0.05, 0) is 41.2 Å². The number of rotatable bonds is 5. The minimum Gasteiger partial charge on any atom is -0.0942 e. The lowest BCUT2D eigenvalue weighted by atomic mass is 10.1. The fraction of sp³-hybridized carbons (Fsp3) is 0.0909. The van der Waals surface area contributed by atoms with Gasteiger partial charge in [-0.2, -0.15) is 0 Å². The average Bonchev–Trinajstić information content (AvgIpc) is 2.59. The smallest absolute Gasteiger partial charge is 0.0119 e. The minimum atomic E-state index is 0.953. The van der Waals surface area contributed by atoms with Gasteiger partial charge in [-0.1, -0.05) is 90.1 Å². The van der Waals surface area contributed by atoms with Crippen molar-refractivity contribution < 1.29 is 0 Å². The second-order valence-electron chi connectivity index (χ2n) is 5.60. The highest BCUT2D eigenvalue weighted by Crippen LogP contribution is 2.31. The lowest BCUT2D eigenvalue weighted by Crippen LogP contribution is -1.88. The van der Waals surface area contributed by atoms with Crippen molar-refractivity contribution in [3.8, 4) is 0 Å². The molecule has 0 radical (unpaired) electrons. The van der Waals surface area contributed by atoms with Gasteiger partial charge in [0.15, 0.2) is 0 Å². The number of aryl methyl sites for hydroxylation is 1. The van der Waals surface area contributed by atoms with Gasteiger partial charge in [-0.3, -0.25) is 0 Å². The van der Waals surface area contributed by atoms with Crippen LogP contribution in [0.5, 0.6) is 0 Å². The van der Waals surface area contributed by atoms with E-state index in [0.717, 1.165) is 6.42 Å². The molecule has 0 aliphatic heterocycles. The molecule has 0 aliphatic rings. The van der Waals surface area contributed by atoms with Gasteiger partial charge < -0.3 is 0 Å². The molecule has 3 aromatic rings. The van der Waals surface area contributed by atoms with Gasteiger partial charge in [0.2, 0.25) is 0 Å². The molecule has 0 bridgehead atoms. The standard InChI is InChI=1S/C22H20S/c1-18-12-14-21(15-13-18)23-22(16-19-8-4-2-5-9-19)17-20-10-6-3-7-11-20/h2-16H,17H2,1H3/b22-16+. The summed E-state index contributed by atoms with van der Waals surface area (Å²) in [4.78, 5) is 2.64. The lowest BCUT2D eigenvalue weighted by molar-refractivity contribution is 1.25. The van der Waals surface area contributed by atoms with E-state index in [1.165, 1.54) is 26.5 Å². The van der Waals surface area contributed by atoms with Crippen LogP contribution >= 0.6 is 11.8 Å². The van der Waals surface area contributed by atoms with Crippen molar-refractivity contribution in [3.05, 3.63) is 107 Å². The van der Waals surface area contributed by atoms with Gasteiger partial charge in [0.05, 0.1) is 0 Å². The first kappa shape index (κ1) is 15.6. The normalized spacial score (nSPS) is 11.4. The van der Waals surface area contributed by atoms with Crippen LogP contribution in [-0.4, -0.2) is 0 Å². The van der Waals surface area contributed by atoms with E-state index in [4.69, 9.17) is 0 Å². The molecule has 0 amide bonds. The zero-order valence-electron chi connectivity index (χ0n) is 13.3. The van der Waals surface area contributed by atoms with Gasteiger partial charge in [-0.25, -0.2) is 0 Å². The third-order valence-corrected chi connectivity index (χ3v) is 4.65. The van der Waals surface area contributed by atoms with Crippen molar-refractivity contribution in [2.24, 2.45) is 0 Å². The Morgan fingerprint density at radius 2 is 1.39 bits per heavy atom. The SMILES string of the molecule is Cc1ccc(S/C(=C/c2ccccc2)Cc2ccccc2)cc1. The molecule has 3 aromatic carbocycles. The van der Waals surface area contributed by atoms with E-state index < -0.39 is 0 Å². The van der Waals surface area contributed by atoms with Crippen molar-refractivity contribution in [1.29, 1.82) is 0 Å². The second kappa shape index (κ2) is 7.85. The van der Waals surface area contributed by atoms with Gasteiger partial charge in [-0.15, -0.1) is 0 Å². The highest BCUT2D eigenvalue weighted by molar-refractivity contribution is 8.03. The Kier molecular flexibility index (Phi) is 5.33. The number of benzene rings is 3. The molecule has 0 N–H and O–H groups in total. The summed E-state index contributed by atoms with van der Waals surface area (Å²) in [5.41, 5.74) is 3.89. The van der Waals surface area contributed by atoms with Crippen LogP contribution < -0.4 is 0 Å². The van der Waals surface area contributed by atoms with E-state index in [1.807, 2.05) is 11.8 Å². The summed E-state index contributed by atoms with van der Waals surface area (Å²) >= 11 is 1.85. The van der Waals surface area contributed by atoms with Gasteiger partial charge in [0.25, 0.3) is 0 Å². The second-order valence-corrected chi connectivity index (χ2v) is 6.80. The zero-order valence-corrected chi connectivity index (χ0v) is 14.1. The molecule has 0 unspecified atom stereocenters. The van der Waals surface area contributed by atoms with Crippen molar-refractivity contribution in [1.82, 2.24) is 0 Å². The van der Waals surface area contributed by atoms with E-state index in [9.17, 15) is 0 Å². The van der Waals surface area contributed by atoms with E-state index >= 15 is 0 Å². The Balaban J connectivity index is 1.86. The van der Waals surface area contributed by atoms with Crippen LogP contribution in [0.4, 0.5) is 0 Å². The first-order valence-electron chi connectivity index (χ1n) is 7.84. The van der Waals surface area contributed by atoms with Crippen molar-refractivity contribution in [2.75, 3.05) is 0 Å². The fourth-order valence-corrected chi connectivity index (χ4v) is 3.42. The molecule has 1 heteroatoms. The van der Waals surface area contributed by atoms with Crippen molar-refractivity contribution >= 4 is 17.8 Å². The summed E-state index contributed by atoms with van der Waals surface area (Å²) in [6.45, 7) is 2.12. The summed E-state index contributed by atoms with van der Waals surface area (Å²) in [6.07, 6.45) is 3.24. The summed E-state index contributed by atoms with van der Waals surface area (Å²) in [5.74, 6) is 0. The van der Waals surface area contributed by atoms with Crippen LogP contribution in [0.3, 0.4) is 0 Å². The molecule has 0 nitrogen and oxygen atoms in total. The average molecular weight is 316 g/mol. The molecule has 0 saturated carbocycles. The maximum atomic E-state index is 2.29. The fourth-order valence-electron chi connectivity index (χ4n) is 2.41. The first-order chi connectivity index (χ1) is 11.3. The number of hydrogen-bond acceptors (Lipinski definition) is 1. The van der Waals surface area contributed by atoms with Crippen LogP contribution in [0.25, 0.3) is 6.08 Å². The van der Waals surface area contributed by atoms with Crippen LogP contribution in [0.15, 0.2) is 94.7 Å². The quantitative estimate of drug-likeness (QED) is 0.493. The Morgan fingerprint density at radius 3 is 2.04 bits per heavy atom. The third-order valence-electron chi connectivity index (χ3n) is 3.62. The maximum absolute atomic E-state index is 2.29. The van der Waals surface area contributed by atoms with E-state index in [-0.39, 0.29) is 0 Å². The van der Waals surface area contributed by atoms with Crippen LogP contribution in [0, 0.1) is 6.92 Å². The highest BCUT2D eigenvalue weighted by atomic mass is 32.2. The molecule has 0 aromatic heterocycles. The summed E-state index contributed by atoms with van der Waals surface area (Å²) in [7, 11) is 0. The molecule has 0 heterocycles. The molecule has 0 atom stereocenters. The molecule has 23 heavy (non-hydrogen) atoms. The summed E-state index contributed by atoms with van der Waals surface area (Å²) in [5, 5.41) is 0. The molecular weight excluding hydrogens is 296 g/mol. The van der Waals surface area contributed by atoms with Crippen LogP contribution in [0.2, 0.25) is 0 Å². The predicted molar refractivity (Wildman–Crippen MR) is 102 cm³/mol. The number of hydrogen-bond donors (Lipinski definition) is 0. The molecule has 0 fully saturated rings. The predicted octanol–water partition coefficient (Wildman–Crippen LogP) is 6.37. The number of allylic oxidation sites excluding steroid dienone is 1. The maximum Gasteiger partial charge on any atom is 0.0119 e. The third kappa shape index (κ3) is 4.87. The first-order valence-corrected chi connectivity index (χ1v) is 8.65. The Hall–Kier alpha value is -2.25. The van der Waals surface area contributed by atoms with E-state index in [1.54, 1.807) is 0 Å². The largest absolute Gasteiger partial charge is 0.0942 e. The Labute approximate surface area is 142 Å². The van der Waals surface area contributed by atoms with Gasteiger partial charge in [0, 0.05) is 11.3 Å². The van der Waals surface area contributed by atoms with E-state index in [2.05, 4.69) is 97.9 Å². The topological polar surface area (TPSA) is 0 Å². The van der Waals surface area contributed by atoms with Crippen LogP contribution in [0.1, 0.15) is 16.7 Å². The Morgan fingerprint density at radius 1 is 0.783 bits per heavy atom. The Bertz CT molecular complexity index is 756. The molecule has 3 rings (SSSR count). The molecule has 114 valence electrons. The molecule has 0 saturated heterocycles. The van der Waals surface area contributed by atoms with Gasteiger partial charge in [0.1, 0.15) is 0 Å². The molecule has 0 aliphatic carbocycles. The zero-order chi connectivity index (χ0) is 15.9. The van der Waals surface area contributed by atoms with E-state index in [0.29, 0.717) is 0 Å². The number of thioether (sulfide) groups is 1. The van der Waals surface area contributed by atoms with Gasteiger partial charge >= 0.3 is 0 Å². The van der Waals surface area contributed by atoms with Crippen molar-refractivity contribution in [2.45, 2.75) is 18.2 Å². The summed E-state index contributed by atoms with van der Waals surface area (Å²) < 4.78 is 0. The van der Waals surface area contributed by atoms with Crippen LogP contribution in [-0.2, 0) is 6.42 Å². The lowest BCUT2D eigenvalue weighted by Gasteiger charge is -2.09. The highest BCUT2D eigenvalue weighted by Gasteiger charge is 2.04. The molecular formula is C22H20S. The minimum absolute atomic E-state index is 0.953. The molecule has 0 spiro atoms. The monoisotopic (exact) mass is 316 g/mol. The van der Waals surface area contributed by atoms with Crippen molar-refractivity contribution in [3.63, 3.8) is 0 Å². The summed E-state index contributed by atoms with van der Waals surface area (Å²) in [6, 6.07) is 29.9.